The van der Waals surface area contributed by atoms with Gasteiger partial charge in [0.15, 0.2) is 0 Å². The third-order valence-electron chi connectivity index (χ3n) is 2.29. The third-order valence-corrected chi connectivity index (χ3v) is 3.90. The summed E-state index contributed by atoms with van der Waals surface area (Å²) in [5.41, 5.74) is 2.04. The van der Waals surface area contributed by atoms with E-state index in [2.05, 4.69) is 20.9 Å². The van der Waals surface area contributed by atoms with E-state index in [0.29, 0.717) is 5.88 Å². The second-order valence-electron chi connectivity index (χ2n) is 3.43. The van der Waals surface area contributed by atoms with E-state index in [9.17, 15) is 0 Å². The highest BCUT2D eigenvalue weighted by Gasteiger charge is 2.10. The molecule has 0 spiro atoms. The fourth-order valence-corrected chi connectivity index (χ4v) is 2.92. The van der Waals surface area contributed by atoms with Crippen molar-refractivity contribution in [2.45, 2.75) is 6.42 Å². The molecule has 0 radical (unpaired) electrons. The number of methoxy groups -OCH3 is 1. The van der Waals surface area contributed by atoms with Crippen molar-refractivity contribution in [3.63, 3.8) is 0 Å². The molecule has 0 unspecified atom stereocenters. The molecule has 0 bridgehead atoms. The van der Waals surface area contributed by atoms with Crippen molar-refractivity contribution >= 4 is 38.9 Å². The molecule has 5 heteroatoms. The van der Waals surface area contributed by atoms with Gasteiger partial charge < -0.3 is 4.74 Å². The Hall–Kier alpha value is -0.580. The zero-order chi connectivity index (χ0) is 12.3. The van der Waals surface area contributed by atoms with Crippen LogP contribution in [0.5, 0.6) is 5.75 Å². The molecule has 1 aromatic heterocycles. The van der Waals surface area contributed by atoms with E-state index in [1.807, 2.05) is 23.6 Å². The van der Waals surface area contributed by atoms with E-state index in [1.54, 1.807) is 18.4 Å². The van der Waals surface area contributed by atoms with Gasteiger partial charge in [0.25, 0.3) is 0 Å². The Balaban J connectivity index is 2.40. The van der Waals surface area contributed by atoms with E-state index in [4.69, 9.17) is 16.3 Å². The molecule has 2 nitrogen and oxygen atoms in total. The highest BCUT2D eigenvalue weighted by Crippen LogP contribution is 2.34. The van der Waals surface area contributed by atoms with Gasteiger partial charge in [0.2, 0.25) is 0 Å². The highest BCUT2D eigenvalue weighted by atomic mass is 79.9. The van der Waals surface area contributed by atoms with E-state index < -0.39 is 0 Å². The summed E-state index contributed by atoms with van der Waals surface area (Å²) in [5, 5.41) is 3.00. The van der Waals surface area contributed by atoms with Gasteiger partial charge in [0.05, 0.1) is 18.4 Å². The molecule has 0 atom stereocenters. The van der Waals surface area contributed by atoms with Crippen LogP contribution in [0.3, 0.4) is 0 Å². The van der Waals surface area contributed by atoms with Gasteiger partial charge in [-0.15, -0.1) is 22.9 Å². The van der Waals surface area contributed by atoms with Crippen LogP contribution in [0.4, 0.5) is 0 Å². The van der Waals surface area contributed by atoms with Crippen LogP contribution < -0.4 is 4.74 Å². The molecule has 1 heterocycles. The number of halogens is 2. The molecule has 17 heavy (non-hydrogen) atoms. The highest BCUT2D eigenvalue weighted by molar-refractivity contribution is 9.10. The minimum atomic E-state index is 0.596. The Morgan fingerprint density at radius 1 is 1.47 bits per heavy atom. The number of alkyl halides is 1. The number of hydrogen-bond donors (Lipinski definition) is 0. The van der Waals surface area contributed by atoms with Crippen LogP contribution in [0.2, 0.25) is 0 Å². The third kappa shape index (κ3) is 3.00. The molecule has 2 aromatic rings. The second-order valence-corrected chi connectivity index (χ2v) is 5.58. The minimum absolute atomic E-state index is 0.596. The Labute approximate surface area is 118 Å². The first-order chi connectivity index (χ1) is 8.24. The molecule has 0 aliphatic rings. The monoisotopic (exact) mass is 331 g/mol. The van der Waals surface area contributed by atoms with Crippen molar-refractivity contribution < 1.29 is 4.74 Å². The van der Waals surface area contributed by atoms with Crippen LogP contribution >= 0.6 is 38.9 Å². The second kappa shape index (κ2) is 5.85. The smallest absolute Gasteiger partial charge is 0.129 e. The average Bonchev–Trinajstić information content (AvgIpc) is 2.78. The van der Waals surface area contributed by atoms with Crippen molar-refractivity contribution in [1.29, 1.82) is 0 Å². The fourth-order valence-electron chi connectivity index (χ4n) is 1.49. The molecule has 2 rings (SSSR count). The molecule has 0 saturated heterocycles. The maximum absolute atomic E-state index is 5.71. The fraction of sp³-hybridized carbons (Fsp3) is 0.250. The molecular weight excluding hydrogens is 322 g/mol. The first-order valence-corrected chi connectivity index (χ1v) is 7.29. The van der Waals surface area contributed by atoms with Crippen molar-refractivity contribution in [2.24, 2.45) is 0 Å². The number of rotatable bonds is 4. The van der Waals surface area contributed by atoms with E-state index in [1.165, 1.54) is 0 Å². The Kier molecular flexibility index (Phi) is 4.42. The largest absolute Gasteiger partial charge is 0.496 e. The van der Waals surface area contributed by atoms with Gasteiger partial charge in [-0.3, -0.25) is 0 Å². The lowest BCUT2D eigenvalue weighted by Crippen LogP contribution is -1.89. The van der Waals surface area contributed by atoms with Crippen LogP contribution in [-0.2, 0) is 6.42 Å². The number of hydrogen-bond acceptors (Lipinski definition) is 3. The predicted molar refractivity (Wildman–Crippen MR) is 76.2 cm³/mol. The average molecular weight is 333 g/mol. The molecule has 0 aliphatic heterocycles. The summed E-state index contributed by atoms with van der Waals surface area (Å²) in [6, 6.07) is 5.90. The van der Waals surface area contributed by atoms with Crippen LogP contribution in [-0.4, -0.2) is 18.0 Å². The lowest BCUT2D eigenvalue weighted by molar-refractivity contribution is 0.416. The van der Waals surface area contributed by atoms with Gasteiger partial charge in [-0.1, -0.05) is 15.9 Å². The molecule has 0 saturated carbocycles. The molecular formula is C12H11BrClNOS. The van der Waals surface area contributed by atoms with Crippen molar-refractivity contribution in [3.8, 4) is 16.3 Å². The lowest BCUT2D eigenvalue weighted by atomic mass is 10.2. The van der Waals surface area contributed by atoms with E-state index in [0.717, 1.165) is 32.9 Å². The molecule has 1 aromatic carbocycles. The van der Waals surface area contributed by atoms with Gasteiger partial charge in [0.1, 0.15) is 10.8 Å². The van der Waals surface area contributed by atoms with E-state index in [-0.39, 0.29) is 0 Å². The topological polar surface area (TPSA) is 22.1 Å². The molecule has 0 fully saturated rings. The minimum Gasteiger partial charge on any atom is -0.496 e. The molecule has 0 aliphatic carbocycles. The quantitative estimate of drug-likeness (QED) is 0.776. The SMILES string of the molecule is COc1ccc(Br)cc1-c1nc(CCCl)cs1. The van der Waals surface area contributed by atoms with Crippen LogP contribution in [0.1, 0.15) is 5.69 Å². The van der Waals surface area contributed by atoms with Crippen molar-refractivity contribution in [2.75, 3.05) is 13.0 Å². The summed E-state index contributed by atoms with van der Waals surface area (Å²) in [6.45, 7) is 0. The maximum atomic E-state index is 5.71. The molecule has 90 valence electrons. The summed E-state index contributed by atoms with van der Waals surface area (Å²) in [4.78, 5) is 4.55. The summed E-state index contributed by atoms with van der Waals surface area (Å²) >= 11 is 10.8. The number of benzene rings is 1. The number of thiazole rings is 1. The summed E-state index contributed by atoms with van der Waals surface area (Å²) in [6.07, 6.45) is 0.800. The molecule has 0 amide bonds. The Morgan fingerprint density at radius 3 is 3.00 bits per heavy atom. The van der Waals surface area contributed by atoms with Gasteiger partial charge in [-0.05, 0) is 18.2 Å². The van der Waals surface area contributed by atoms with Crippen LogP contribution in [0.15, 0.2) is 28.1 Å². The normalized spacial score (nSPS) is 10.5. The first kappa shape index (κ1) is 12.9. The number of aryl methyl sites for hydroxylation is 1. The van der Waals surface area contributed by atoms with Gasteiger partial charge >= 0.3 is 0 Å². The predicted octanol–water partition coefficient (Wildman–Crippen LogP) is 4.36. The lowest BCUT2D eigenvalue weighted by Gasteiger charge is -2.06. The van der Waals surface area contributed by atoms with Crippen molar-refractivity contribution in [1.82, 2.24) is 4.98 Å². The number of aromatic nitrogens is 1. The van der Waals surface area contributed by atoms with Gasteiger partial charge in [0, 0.05) is 22.2 Å². The van der Waals surface area contributed by atoms with Crippen LogP contribution in [0.25, 0.3) is 10.6 Å². The van der Waals surface area contributed by atoms with Crippen LogP contribution in [0, 0.1) is 0 Å². The maximum Gasteiger partial charge on any atom is 0.129 e. The molecule has 0 N–H and O–H groups in total. The summed E-state index contributed by atoms with van der Waals surface area (Å²) < 4.78 is 6.36. The van der Waals surface area contributed by atoms with E-state index >= 15 is 0 Å². The zero-order valence-corrected chi connectivity index (χ0v) is 12.4. The van der Waals surface area contributed by atoms with Crippen molar-refractivity contribution in [3.05, 3.63) is 33.7 Å². The standard InChI is InChI=1S/C12H11BrClNOS/c1-16-11-3-2-8(13)6-10(11)12-15-9(4-5-14)7-17-12/h2-3,6-7H,4-5H2,1H3. The van der Waals surface area contributed by atoms with Gasteiger partial charge in [-0.2, -0.15) is 0 Å². The summed E-state index contributed by atoms with van der Waals surface area (Å²) in [7, 11) is 1.67. The first-order valence-electron chi connectivity index (χ1n) is 5.09. The summed E-state index contributed by atoms with van der Waals surface area (Å²) in [5.74, 6) is 1.43. The zero-order valence-electron chi connectivity index (χ0n) is 9.24. The Bertz CT molecular complexity index is 515. The number of nitrogens with zero attached hydrogens (tertiary/aromatic N) is 1. The Morgan fingerprint density at radius 2 is 2.29 bits per heavy atom. The van der Waals surface area contributed by atoms with Gasteiger partial charge in [-0.25, -0.2) is 4.98 Å². The number of ether oxygens (including phenoxy) is 1.